The first-order chi connectivity index (χ1) is 17.4. The molecule has 2 amide bonds. The molecule has 3 aromatic carbocycles. The Labute approximate surface area is 214 Å². The van der Waals surface area contributed by atoms with Crippen LogP contribution in [0.15, 0.2) is 72.8 Å². The molecule has 188 valence electrons. The summed E-state index contributed by atoms with van der Waals surface area (Å²) in [4.78, 5) is 29.6. The van der Waals surface area contributed by atoms with Gasteiger partial charge in [-0.1, -0.05) is 72.8 Å². The molecule has 1 fully saturated rings. The molecule has 0 aromatic heterocycles. The Bertz CT molecular complexity index is 1150. The van der Waals surface area contributed by atoms with Crippen LogP contribution in [0.25, 0.3) is 11.1 Å². The number of rotatable bonds is 8. The van der Waals surface area contributed by atoms with Gasteiger partial charge >= 0.3 is 0 Å². The van der Waals surface area contributed by atoms with Crippen LogP contribution in [0.2, 0.25) is 0 Å². The van der Waals surface area contributed by atoms with Gasteiger partial charge in [-0.25, -0.2) is 0 Å². The van der Waals surface area contributed by atoms with Gasteiger partial charge in [0.05, 0.1) is 19.1 Å². The Morgan fingerprint density at radius 3 is 1.83 bits per heavy atom. The molecule has 2 N–H and O–H groups in total. The zero-order valence-corrected chi connectivity index (χ0v) is 21.5. The van der Waals surface area contributed by atoms with E-state index in [0.717, 1.165) is 48.6 Å². The lowest BCUT2D eigenvalue weighted by Gasteiger charge is -2.34. The summed E-state index contributed by atoms with van der Waals surface area (Å²) >= 11 is 0. The minimum atomic E-state index is -0.0581. The van der Waals surface area contributed by atoms with Crippen LogP contribution >= 0.6 is 0 Å². The minimum absolute atomic E-state index is 0.00528. The summed E-state index contributed by atoms with van der Waals surface area (Å²) in [5.41, 5.74) is 6.48. The molecule has 0 unspecified atom stereocenters. The summed E-state index contributed by atoms with van der Waals surface area (Å²) in [7, 11) is 0. The maximum atomic E-state index is 12.7. The normalized spacial score (nSPS) is 15.3. The molecular formula is C30H36N4O2. The molecular weight excluding hydrogens is 448 g/mol. The Balaban J connectivity index is 1.20. The lowest BCUT2D eigenvalue weighted by atomic mass is 10.0. The van der Waals surface area contributed by atoms with Gasteiger partial charge in [0.2, 0.25) is 11.8 Å². The molecule has 0 saturated carbocycles. The maximum absolute atomic E-state index is 12.7. The summed E-state index contributed by atoms with van der Waals surface area (Å²) < 4.78 is 0. The van der Waals surface area contributed by atoms with Crippen LogP contribution in [0.3, 0.4) is 0 Å². The fourth-order valence-electron chi connectivity index (χ4n) is 4.67. The monoisotopic (exact) mass is 484 g/mol. The number of aryl methyl sites for hydroxylation is 2. The van der Waals surface area contributed by atoms with Gasteiger partial charge < -0.3 is 10.6 Å². The largest absolute Gasteiger partial charge is 0.348 e. The highest BCUT2D eigenvalue weighted by Crippen LogP contribution is 2.22. The van der Waals surface area contributed by atoms with Crippen LogP contribution in [0.4, 0.5) is 5.69 Å². The van der Waals surface area contributed by atoms with Crippen molar-refractivity contribution in [3.05, 3.63) is 89.5 Å². The number of carbonyl (C=O) groups excluding carboxylic acids is 2. The van der Waals surface area contributed by atoms with Crippen molar-refractivity contribution in [3.63, 3.8) is 0 Å². The van der Waals surface area contributed by atoms with Crippen molar-refractivity contribution in [2.24, 2.45) is 0 Å². The third-order valence-electron chi connectivity index (χ3n) is 6.84. The van der Waals surface area contributed by atoms with E-state index < -0.39 is 0 Å². The molecule has 1 atom stereocenters. The van der Waals surface area contributed by atoms with E-state index in [9.17, 15) is 9.59 Å². The summed E-state index contributed by atoms with van der Waals surface area (Å²) in [6, 6.07) is 24.6. The zero-order chi connectivity index (χ0) is 25.5. The van der Waals surface area contributed by atoms with E-state index in [1.165, 1.54) is 11.1 Å². The molecule has 0 aliphatic carbocycles. The molecule has 1 heterocycles. The highest BCUT2D eigenvalue weighted by Gasteiger charge is 2.21. The van der Waals surface area contributed by atoms with Gasteiger partial charge in [-0.15, -0.1) is 0 Å². The number of hydrogen-bond acceptors (Lipinski definition) is 4. The summed E-state index contributed by atoms with van der Waals surface area (Å²) in [6.45, 7) is 9.84. The number of para-hydroxylation sites is 1. The molecule has 3 aromatic rings. The summed E-state index contributed by atoms with van der Waals surface area (Å²) in [6.07, 6.45) is 0. The fourth-order valence-corrected chi connectivity index (χ4v) is 4.67. The van der Waals surface area contributed by atoms with Gasteiger partial charge in [0.15, 0.2) is 0 Å². The fraction of sp³-hybridized carbons (Fsp3) is 0.333. The van der Waals surface area contributed by atoms with Crippen molar-refractivity contribution >= 4 is 17.5 Å². The molecule has 0 radical (unpaired) electrons. The van der Waals surface area contributed by atoms with Gasteiger partial charge in [-0.05, 0) is 48.6 Å². The second-order valence-electron chi connectivity index (χ2n) is 9.64. The van der Waals surface area contributed by atoms with Crippen molar-refractivity contribution in [2.75, 3.05) is 44.6 Å². The van der Waals surface area contributed by atoms with E-state index in [-0.39, 0.29) is 17.9 Å². The molecule has 0 bridgehead atoms. The van der Waals surface area contributed by atoms with Crippen LogP contribution < -0.4 is 10.6 Å². The average Bonchev–Trinajstić information content (AvgIpc) is 2.88. The molecule has 1 aliphatic heterocycles. The van der Waals surface area contributed by atoms with Crippen molar-refractivity contribution in [2.45, 2.75) is 26.8 Å². The third kappa shape index (κ3) is 6.80. The van der Waals surface area contributed by atoms with Crippen LogP contribution in [0, 0.1) is 13.8 Å². The van der Waals surface area contributed by atoms with Gasteiger partial charge in [-0.2, -0.15) is 0 Å². The number of piperazine rings is 1. The van der Waals surface area contributed by atoms with Crippen molar-refractivity contribution in [3.8, 4) is 11.1 Å². The zero-order valence-electron chi connectivity index (χ0n) is 21.5. The van der Waals surface area contributed by atoms with Gasteiger partial charge in [0.1, 0.15) is 0 Å². The average molecular weight is 485 g/mol. The van der Waals surface area contributed by atoms with Crippen molar-refractivity contribution < 1.29 is 9.59 Å². The Hall–Kier alpha value is -3.48. The van der Waals surface area contributed by atoms with E-state index >= 15 is 0 Å². The number of carbonyl (C=O) groups is 2. The number of nitrogens with zero attached hydrogens (tertiary/aromatic N) is 2. The Kier molecular flexibility index (Phi) is 8.52. The van der Waals surface area contributed by atoms with E-state index in [1.54, 1.807) is 0 Å². The number of anilines is 1. The van der Waals surface area contributed by atoms with Crippen molar-refractivity contribution in [1.82, 2.24) is 15.1 Å². The standard InChI is InChI=1S/C30H36N4O2/c1-22-8-7-9-23(2)30(22)32-29(36)21-34-18-16-33(17-19-34)20-28(35)31-24(3)25-12-14-27(15-13-25)26-10-5-4-6-11-26/h4-15,24H,16-21H2,1-3H3,(H,31,35)(H,32,36)/t24-/m0/s1. The molecule has 4 rings (SSSR count). The van der Waals surface area contributed by atoms with Gasteiger partial charge in [0, 0.05) is 31.9 Å². The molecule has 36 heavy (non-hydrogen) atoms. The molecule has 0 spiro atoms. The number of amides is 2. The SMILES string of the molecule is Cc1cccc(C)c1NC(=O)CN1CCN(CC(=O)N[C@@H](C)c2ccc(-c3ccccc3)cc2)CC1. The lowest BCUT2D eigenvalue weighted by molar-refractivity contribution is -0.124. The number of nitrogens with one attached hydrogen (secondary N) is 2. The first-order valence-electron chi connectivity index (χ1n) is 12.6. The maximum Gasteiger partial charge on any atom is 0.238 e. The third-order valence-corrected chi connectivity index (χ3v) is 6.84. The predicted molar refractivity (Wildman–Crippen MR) is 146 cm³/mol. The first kappa shape index (κ1) is 25.6. The Morgan fingerprint density at radius 2 is 1.25 bits per heavy atom. The van der Waals surface area contributed by atoms with Crippen LogP contribution in [-0.2, 0) is 9.59 Å². The molecule has 6 heteroatoms. The van der Waals surface area contributed by atoms with Crippen LogP contribution in [0.5, 0.6) is 0 Å². The lowest BCUT2D eigenvalue weighted by Crippen LogP contribution is -2.51. The first-order valence-corrected chi connectivity index (χ1v) is 12.6. The topological polar surface area (TPSA) is 64.7 Å². The highest BCUT2D eigenvalue weighted by atomic mass is 16.2. The second-order valence-corrected chi connectivity index (χ2v) is 9.64. The minimum Gasteiger partial charge on any atom is -0.348 e. The van der Waals surface area contributed by atoms with E-state index in [2.05, 4.69) is 56.8 Å². The predicted octanol–water partition coefficient (Wildman–Crippen LogP) is 4.40. The van der Waals surface area contributed by atoms with E-state index in [4.69, 9.17) is 0 Å². The Morgan fingerprint density at radius 1 is 0.722 bits per heavy atom. The van der Waals surface area contributed by atoms with Gasteiger partial charge in [-0.3, -0.25) is 19.4 Å². The summed E-state index contributed by atoms with van der Waals surface area (Å²) in [5.74, 6) is 0.0292. The molecule has 1 aliphatic rings. The highest BCUT2D eigenvalue weighted by molar-refractivity contribution is 5.93. The second kappa shape index (κ2) is 12.0. The number of benzene rings is 3. The molecule has 6 nitrogen and oxygen atoms in total. The van der Waals surface area contributed by atoms with Crippen LogP contribution in [0.1, 0.15) is 29.7 Å². The van der Waals surface area contributed by atoms with E-state index in [1.807, 2.05) is 57.2 Å². The summed E-state index contributed by atoms with van der Waals surface area (Å²) in [5, 5.41) is 6.19. The quantitative estimate of drug-likeness (QED) is 0.497. The number of hydrogen-bond donors (Lipinski definition) is 2. The molecule has 1 saturated heterocycles. The smallest absolute Gasteiger partial charge is 0.238 e. The van der Waals surface area contributed by atoms with Gasteiger partial charge in [0.25, 0.3) is 0 Å². The van der Waals surface area contributed by atoms with Crippen LogP contribution in [-0.4, -0.2) is 60.9 Å². The van der Waals surface area contributed by atoms with E-state index in [0.29, 0.717) is 13.1 Å². The van der Waals surface area contributed by atoms with Crippen molar-refractivity contribution in [1.29, 1.82) is 0 Å².